The zero-order chi connectivity index (χ0) is 16.2. The Bertz CT molecular complexity index is 434. The first-order chi connectivity index (χ1) is 11.1. The molecule has 2 atom stereocenters. The first kappa shape index (κ1) is 16.7. The van der Waals surface area contributed by atoms with Gasteiger partial charge in [0.15, 0.2) is 0 Å². The predicted molar refractivity (Wildman–Crippen MR) is 89.9 cm³/mol. The average Bonchev–Trinajstić information content (AvgIpc) is 3.16. The van der Waals surface area contributed by atoms with Crippen LogP contribution >= 0.6 is 0 Å². The van der Waals surface area contributed by atoms with Crippen molar-refractivity contribution in [2.24, 2.45) is 11.8 Å². The van der Waals surface area contributed by atoms with Crippen LogP contribution in [-0.4, -0.2) is 60.4 Å². The fraction of sp³-hybridized carbons (Fsp3) is 0.889. The van der Waals surface area contributed by atoms with E-state index in [1.54, 1.807) is 0 Å². The average molecular weight is 321 g/mol. The van der Waals surface area contributed by atoms with Crippen molar-refractivity contribution in [3.8, 4) is 0 Å². The topological polar surface area (TPSA) is 52.7 Å². The van der Waals surface area contributed by atoms with E-state index in [2.05, 4.69) is 17.1 Å². The van der Waals surface area contributed by atoms with E-state index in [4.69, 9.17) is 0 Å². The lowest BCUT2D eigenvalue weighted by Gasteiger charge is -2.30. The molecular formula is C18H31N3O2. The summed E-state index contributed by atoms with van der Waals surface area (Å²) in [7, 11) is 0. The van der Waals surface area contributed by atoms with E-state index in [1.165, 1.54) is 25.7 Å². The van der Waals surface area contributed by atoms with Gasteiger partial charge in [0, 0.05) is 38.6 Å². The van der Waals surface area contributed by atoms with Crippen LogP contribution in [0.15, 0.2) is 0 Å². The monoisotopic (exact) mass is 321 g/mol. The Balaban J connectivity index is 1.39. The maximum atomic E-state index is 12.3. The maximum Gasteiger partial charge on any atom is 0.225 e. The number of amides is 2. The van der Waals surface area contributed by atoms with Gasteiger partial charge in [-0.25, -0.2) is 0 Å². The second-order valence-corrected chi connectivity index (χ2v) is 7.72. The molecule has 1 N–H and O–H groups in total. The maximum absolute atomic E-state index is 12.3. The Hall–Kier alpha value is -1.10. The van der Waals surface area contributed by atoms with Crippen LogP contribution in [0.5, 0.6) is 0 Å². The number of nitrogens with one attached hydrogen (secondary N) is 1. The summed E-state index contributed by atoms with van der Waals surface area (Å²) in [6.07, 6.45) is 7.68. The van der Waals surface area contributed by atoms with Crippen LogP contribution in [0.4, 0.5) is 0 Å². The standard InChI is InChI=1S/C18H31N3O2/c1-14-5-4-9-20(12-14)10-8-19-18(23)15-11-17(22)21(13-15)16-6-2-3-7-16/h14-16H,2-13H2,1H3,(H,19,23). The lowest BCUT2D eigenvalue weighted by Crippen LogP contribution is -2.42. The molecular weight excluding hydrogens is 290 g/mol. The van der Waals surface area contributed by atoms with Crippen molar-refractivity contribution in [2.45, 2.75) is 57.9 Å². The minimum atomic E-state index is -0.136. The quantitative estimate of drug-likeness (QED) is 0.837. The molecule has 2 saturated heterocycles. The lowest BCUT2D eigenvalue weighted by molar-refractivity contribution is -0.130. The number of likely N-dealkylation sites (tertiary alicyclic amines) is 2. The molecule has 1 saturated carbocycles. The Kier molecular flexibility index (Phi) is 5.57. The Labute approximate surface area is 139 Å². The number of rotatable bonds is 5. The van der Waals surface area contributed by atoms with E-state index in [0.717, 1.165) is 38.4 Å². The molecule has 1 aliphatic carbocycles. The van der Waals surface area contributed by atoms with Crippen molar-refractivity contribution in [3.63, 3.8) is 0 Å². The first-order valence-corrected chi connectivity index (χ1v) is 9.43. The van der Waals surface area contributed by atoms with Gasteiger partial charge in [0.2, 0.25) is 11.8 Å². The minimum Gasteiger partial charge on any atom is -0.355 e. The molecule has 0 radical (unpaired) electrons. The third-order valence-electron chi connectivity index (χ3n) is 5.76. The zero-order valence-electron chi connectivity index (χ0n) is 14.4. The molecule has 5 heteroatoms. The highest BCUT2D eigenvalue weighted by atomic mass is 16.2. The van der Waals surface area contributed by atoms with E-state index in [9.17, 15) is 9.59 Å². The van der Waals surface area contributed by atoms with Gasteiger partial charge in [-0.15, -0.1) is 0 Å². The molecule has 23 heavy (non-hydrogen) atoms. The summed E-state index contributed by atoms with van der Waals surface area (Å²) in [5, 5.41) is 3.06. The highest BCUT2D eigenvalue weighted by Crippen LogP contribution is 2.29. The van der Waals surface area contributed by atoms with E-state index < -0.39 is 0 Å². The summed E-state index contributed by atoms with van der Waals surface area (Å²) in [5.41, 5.74) is 0. The summed E-state index contributed by atoms with van der Waals surface area (Å²) in [4.78, 5) is 28.9. The van der Waals surface area contributed by atoms with Crippen molar-refractivity contribution in [1.82, 2.24) is 15.1 Å². The van der Waals surface area contributed by atoms with Crippen LogP contribution in [0.25, 0.3) is 0 Å². The molecule has 2 amide bonds. The van der Waals surface area contributed by atoms with Gasteiger partial charge in [0.25, 0.3) is 0 Å². The highest BCUT2D eigenvalue weighted by Gasteiger charge is 2.38. The fourth-order valence-corrected chi connectivity index (χ4v) is 4.45. The third kappa shape index (κ3) is 4.25. The van der Waals surface area contributed by atoms with Gasteiger partial charge in [-0.1, -0.05) is 19.8 Å². The van der Waals surface area contributed by atoms with Gasteiger partial charge in [0.1, 0.15) is 0 Å². The Morgan fingerprint density at radius 1 is 1.17 bits per heavy atom. The summed E-state index contributed by atoms with van der Waals surface area (Å²) >= 11 is 0. The summed E-state index contributed by atoms with van der Waals surface area (Å²) in [6, 6.07) is 0.398. The lowest BCUT2D eigenvalue weighted by atomic mass is 10.0. The van der Waals surface area contributed by atoms with E-state index >= 15 is 0 Å². The van der Waals surface area contributed by atoms with Crippen molar-refractivity contribution in [3.05, 3.63) is 0 Å². The molecule has 0 bridgehead atoms. The van der Waals surface area contributed by atoms with Crippen molar-refractivity contribution >= 4 is 11.8 Å². The number of hydrogen-bond acceptors (Lipinski definition) is 3. The fourth-order valence-electron chi connectivity index (χ4n) is 4.45. The molecule has 0 spiro atoms. The van der Waals surface area contributed by atoms with E-state index in [-0.39, 0.29) is 17.7 Å². The Morgan fingerprint density at radius 2 is 1.96 bits per heavy atom. The molecule has 0 aromatic heterocycles. The van der Waals surface area contributed by atoms with Gasteiger partial charge < -0.3 is 15.1 Å². The minimum absolute atomic E-state index is 0.0731. The van der Waals surface area contributed by atoms with Crippen LogP contribution in [-0.2, 0) is 9.59 Å². The van der Waals surface area contributed by atoms with Gasteiger partial charge in [-0.2, -0.15) is 0 Å². The third-order valence-corrected chi connectivity index (χ3v) is 5.76. The molecule has 3 rings (SSSR count). The van der Waals surface area contributed by atoms with Gasteiger partial charge in [-0.3, -0.25) is 9.59 Å². The summed E-state index contributed by atoms with van der Waals surface area (Å²) in [6.45, 7) is 6.87. The summed E-state index contributed by atoms with van der Waals surface area (Å²) < 4.78 is 0. The smallest absolute Gasteiger partial charge is 0.225 e. The van der Waals surface area contributed by atoms with Gasteiger partial charge >= 0.3 is 0 Å². The molecule has 130 valence electrons. The van der Waals surface area contributed by atoms with Crippen LogP contribution in [0.3, 0.4) is 0 Å². The van der Waals surface area contributed by atoms with Crippen LogP contribution in [0.1, 0.15) is 51.9 Å². The second-order valence-electron chi connectivity index (χ2n) is 7.72. The van der Waals surface area contributed by atoms with Crippen molar-refractivity contribution in [2.75, 3.05) is 32.7 Å². The molecule has 3 aliphatic rings. The molecule has 2 aliphatic heterocycles. The van der Waals surface area contributed by atoms with E-state index in [0.29, 0.717) is 25.6 Å². The molecule has 3 fully saturated rings. The summed E-state index contributed by atoms with van der Waals surface area (Å²) in [5.74, 6) is 0.890. The molecule has 0 aromatic rings. The highest BCUT2D eigenvalue weighted by molar-refractivity contribution is 5.89. The molecule has 2 unspecified atom stereocenters. The van der Waals surface area contributed by atoms with Crippen molar-refractivity contribution in [1.29, 1.82) is 0 Å². The zero-order valence-corrected chi connectivity index (χ0v) is 14.4. The molecule has 0 aromatic carbocycles. The number of carbonyl (C=O) groups excluding carboxylic acids is 2. The molecule has 5 nitrogen and oxygen atoms in total. The van der Waals surface area contributed by atoms with Crippen molar-refractivity contribution < 1.29 is 9.59 Å². The number of carbonyl (C=O) groups is 2. The predicted octanol–water partition coefficient (Wildman–Crippen LogP) is 1.63. The number of hydrogen-bond donors (Lipinski definition) is 1. The van der Waals surface area contributed by atoms with Crippen LogP contribution in [0, 0.1) is 11.8 Å². The Morgan fingerprint density at radius 3 is 2.70 bits per heavy atom. The van der Waals surface area contributed by atoms with Gasteiger partial charge in [-0.05, 0) is 38.1 Å². The second kappa shape index (κ2) is 7.65. The van der Waals surface area contributed by atoms with Crippen LogP contribution in [0.2, 0.25) is 0 Å². The SMILES string of the molecule is CC1CCCN(CCNC(=O)C2CC(=O)N(C3CCCC3)C2)C1. The normalized spacial score (nSPS) is 30.1. The number of nitrogens with zero attached hydrogens (tertiary/aromatic N) is 2. The largest absolute Gasteiger partial charge is 0.355 e. The van der Waals surface area contributed by atoms with Crippen LogP contribution < -0.4 is 5.32 Å². The molecule has 2 heterocycles. The number of piperidine rings is 1. The van der Waals surface area contributed by atoms with E-state index in [1.807, 2.05) is 4.90 Å². The first-order valence-electron chi connectivity index (χ1n) is 9.43. The van der Waals surface area contributed by atoms with Gasteiger partial charge in [0.05, 0.1) is 5.92 Å².